The number of rotatable bonds is 3. The van der Waals surface area contributed by atoms with Gasteiger partial charge in [0.05, 0.1) is 16.8 Å². The molecule has 0 bridgehead atoms. The highest BCUT2D eigenvalue weighted by Gasteiger charge is 2.34. The molecule has 0 unspecified atom stereocenters. The van der Waals surface area contributed by atoms with Crippen LogP contribution >= 0.6 is 0 Å². The molecule has 0 fully saturated rings. The van der Waals surface area contributed by atoms with Crippen molar-refractivity contribution in [2.45, 2.75) is 0 Å². The third-order valence-corrected chi connectivity index (χ3v) is 4.36. The highest BCUT2D eigenvalue weighted by Crippen LogP contribution is 2.34. The van der Waals surface area contributed by atoms with Gasteiger partial charge >= 0.3 is 5.97 Å². The second-order valence-electron chi connectivity index (χ2n) is 5.91. The largest absolute Gasteiger partial charge is 0.478 e. The minimum atomic E-state index is -1.26. The van der Waals surface area contributed by atoms with Crippen LogP contribution in [-0.4, -0.2) is 22.6 Å². The first kappa shape index (κ1) is 15.8. The summed E-state index contributed by atoms with van der Waals surface area (Å²) in [6.45, 7) is 0. The van der Waals surface area contributed by atoms with Crippen molar-refractivity contribution in [1.29, 1.82) is 0 Å². The van der Waals surface area contributed by atoms with Crippen LogP contribution in [0.3, 0.4) is 0 Å². The lowest BCUT2D eigenvalue weighted by Gasteiger charge is -2.21. The van der Waals surface area contributed by atoms with Gasteiger partial charge in [-0.3, -0.25) is 9.59 Å². The summed E-state index contributed by atoms with van der Waals surface area (Å²) in [4.78, 5) is 37.6. The molecule has 0 spiro atoms. The van der Waals surface area contributed by atoms with Gasteiger partial charge < -0.3 is 10.4 Å². The van der Waals surface area contributed by atoms with Gasteiger partial charge in [-0.25, -0.2) is 4.79 Å². The van der Waals surface area contributed by atoms with E-state index in [1.807, 2.05) is 18.2 Å². The molecule has 5 nitrogen and oxygen atoms in total. The summed E-state index contributed by atoms with van der Waals surface area (Å²) in [5, 5.41) is 12.8. The van der Waals surface area contributed by atoms with Crippen LogP contribution in [0.25, 0.3) is 0 Å². The van der Waals surface area contributed by atoms with Gasteiger partial charge in [-0.05, 0) is 24.3 Å². The Kier molecular flexibility index (Phi) is 3.62. The Bertz CT molecular complexity index is 1070. The molecule has 3 aromatic rings. The van der Waals surface area contributed by atoms with Crippen LogP contribution in [0.15, 0.2) is 66.7 Å². The first-order valence-corrected chi connectivity index (χ1v) is 7.98. The molecule has 1 aliphatic carbocycles. The third-order valence-electron chi connectivity index (χ3n) is 4.36. The van der Waals surface area contributed by atoms with E-state index in [1.54, 1.807) is 36.4 Å². The van der Waals surface area contributed by atoms with Gasteiger partial charge in [0.25, 0.3) is 0 Å². The molecule has 0 heterocycles. The number of nitrogens with one attached hydrogen (secondary N) is 1. The summed E-state index contributed by atoms with van der Waals surface area (Å²) < 4.78 is 0. The third kappa shape index (κ3) is 2.38. The molecule has 0 saturated heterocycles. The number of carboxylic acid groups (broad SMARTS) is 1. The Hall–Kier alpha value is -3.73. The van der Waals surface area contributed by atoms with Gasteiger partial charge in [0.2, 0.25) is 0 Å². The van der Waals surface area contributed by atoms with E-state index in [-0.39, 0.29) is 33.7 Å². The van der Waals surface area contributed by atoms with Gasteiger partial charge in [-0.2, -0.15) is 0 Å². The summed E-state index contributed by atoms with van der Waals surface area (Å²) >= 11 is 0. The van der Waals surface area contributed by atoms with Crippen LogP contribution in [0.1, 0.15) is 42.2 Å². The van der Waals surface area contributed by atoms with Crippen LogP contribution in [-0.2, 0) is 0 Å². The molecule has 0 saturated carbocycles. The number of fused-ring (bicyclic) bond motifs is 2. The number of carbonyl (C=O) groups excluding carboxylic acids is 2. The van der Waals surface area contributed by atoms with Crippen LogP contribution in [0.4, 0.5) is 11.4 Å². The van der Waals surface area contributed by atoms with Crippen LogP contribution in [0.5, 0.6) is 0 Å². The topological polar surface area (TPSA) is 83.5 Å². The smallest absolute Gasteiger partial charge is 0.338 e. The molecular formula is C21H13NO4. The molecule has 5 heteroatoms. The van der Waals surface area contributed by atoms with E-state index in [1.165, 1.54) is 12.1 Å². The SMILES string of the molecule is O=C1c2ccccc2C(=O)c2c1ccc(Nc1ccccc1)c2C(=O)O. The maximum Gasteiger partial charge on any atom is 0.338 e. The number of ketones is 2. The van der Waals surface area contributed by atoms with Crippen molar-refractivity contribution in [2.24, 2.45) is 0 Å². The highest BCUT2D eigenvalue weighted by molar-refractivity contribution is 6.31. The van der Waals surface area contributed by atoms with E-state index in [2.05, 4.69) is 5.32 Å². The van der Waals surface area contributed by atoms with E-state index in [9.17, 15) is 19.5 Å². The van der Waals surface area contributed by atoms with E-state index >= 15 is 0 Å². The van der Waals surface area contributed by atoms with Crippen LogP contribution in [0.2, 0.25) is 0 Å². The minimum Gasteiger partial charge on any atom is -0.478 e. The highest BCUT2D eigenvalue weighted by atomic mass is 16.4. The summed E-state index contributed by atoms with van der Waals surface area (Å²) in [5.74, 6) is -2.06. The lowest BCUT2D eigenvalue weighted by Crippen LogP contribution is -2.24. The van der Waals surface area contributed by atoms with Crippen molar-refractivity contribution in [3.8, 4) is 0 Å². The Balaban J connectivity index is 1.93. The summed E-state index contributed by atoms with van der Waals surface area (Å²) in [6, 6.07) is 18.5. The molecule has 126 valence electrons. The molecule has 0 atom stereocenters. The van der Waals surface area contributed by atoms with Gasteiger partial charge in [0, 0.05) is 22.4 Å². The molecule has 1 aliphatic rings. The number of aromatic carboxylic acids is 1. The first-order valence-electron chi connectivity index (χ1n) is 7.98. The standard InChI is InChI=1S/C21H13NO4/c23-19-13-8-4-5-9-14(13)20(24)17-15(19)10-11-16(18(17)21(25)26)22-12-6-2-1-3-7-12/h1-11,22H,(H,25,26). The number of para-hydroxylation sites is 1. The molecule has 0 aliphatic heterocycles. The molecule has 0 aromatic heterocycles. The van der Waals surface area contributed by atoms with E-state index < -0.39 is 11.8 Å². The zero-order chi connectivity index (χ0) is 18.3. The van der Waals surface area contributed by atoms with E-state index in [0.717, 1.165) is 0 Å². The maximum atomic E-state index is 12.9. The number of hydrogen-bond donors (Lipinski definition) is 2. The Labute approximate surface area is 148 Å². The second kappa shape index (κ2) is 5.97. The van der Waals surface area contributed by atoms with Crippen molar-refractivity contribution in [3.05, 3.63) is 94.5 Å². The predicted molar refractivity (Wildman–Crippen MR) is 96.4 cm³/mol. The predicted octanol–water partition coefficient (Wildman–Crippen LogP) is 3.90. The fraction of sp³-hybridized carbons (Fsp3) is 0. The molecule has 4 rings (SSSR count). The van der Waals surface area contributed by atoms with E-state index in [0.29, 0.717) is 11.3 Å². The van der Waals surface area contributed by atoms with Gasteiger partial charge in [-0.1, -0.05) is 42.5 Å². The second-order valence-corrected chi connectivity index (χ2v) is 5.91. The van der Waals surface area contributed by atoms with Crippen molar-refractivity contribution < 1.29 is 19.5 Å². The molecule has 3 aromatic carbocycles. The van der Waals surface area contributed by atoms with Crippen LogP contribution < -0.4 is 5.32 Å². The number of carbonyl (C=O) groups is 3. The number of carboxylic acids is 1. The fourth-order valence-electron chi connectivity index (χ4n) is 3.19. The average Bonchev–Trinajstić information content (AvgIpc) is 2.66. The van der Waals surface area contributed by atoms with Crippen molar-refractivity contribution >= 4 is 28.9 Å². The quantitative estimate of drug-likeness (QED) is 0.589. The van der Waals surface area contributed by atoms with Crippen molar-refractivity contribution in [2.75, 3.05) is 5.32 Å². The lowest BCUT2D eigenvalue weighted by molar-refractivity contribution is 0.0693. The monoisotopic (exact) mass is 343 g/mol. The number of hydrogen-bond acceptors (Lipinski definition) is 4. The maximum absolute atomic E-state index is 12.9. The summed E-state index contributed by atoms with van der Waals surface area (Å²) in [7, 11) is 0. The van der Waals surface area contributed by atoms with Gasteiger partial charge in [-0.15, -0.1) is 0 Å². The molecular weight excluding hydrogens is 330 g/mol. The number of benzene rings is 3. The molecule has 26 heavy (non-hydrogen) atoms. The molecule has 0 amide bonds. The average molecular weight is 343 g/mol. The zero-order valence-corrected chi connectivity index (χ0v) is 13.5. The van der Waals surface area contributed by atoms with Gasteiger partial charge in [0.15, 0.2) is 11.6 Å². The van der Waals surface area contributed by atoms with Crippen molar-refractivity contribution in [3.63, 3.8) is 0 Å². The summed E-state index contributed by atoms with van der Waals surface area (Å²) in [6.07, 6.45) is 0. The normalized spacial score (nSPS) is 12.3. The van der Waals surface area contributed by atoms with Gasteiger partial charge in [0.1, 0.15) is 0 Å². The number of anilines is 2. The zero-order valence-electron chi connectivity index (χ0n) is 13.5. The Morgan fingerprint density at radius 3 is 2.00 bits per heavy atom. The minimum absolute atomic E-state index is 0.0675. The van der Waals surface area contributed by atoms with E-state index in [4.69, 9.17) is 0 Å². The summed E-state index contributed by atoms with van der Waals surface area (Å²) in [5.41, 5.74) is 1.33. The first-order chi connectivity index (χ1) is 12.6. The molecule has 2 N–H and O–H groups in total. The van der Waals surface area contributed by atoms with Crippen LogP contribution in [0, 0.1) is 0 Å². The van der Waals surface area contributed by atoms with Crippen molar-refractivity contribution in [1.82, 2.24) is 0 Å². The molecule has 0 radical (unpaired) electrons. The lowest BCUT2D eigenvalue weighted by atomic mass is 9.81. The Morgan fingerprint density at radius 2 is 1.35 bits per heavy atom. The Morgan fingerprint density at radius 1 is 0.731 bits per heavy atom. The fourth-order valence-corrected chi connectivity index (χ4v) is 3.19.